The van der Waals surface area contributed by atoms with Crippen LogP contribution in [0.25, 0.3) is 6.08 Å². The molecule has 0 saturated heterocycles. The molecule has 1 heterocycles. The van der Waals surface area contributed by atoms with Gasteiger partial charge in [-0.1, -0.05) is 31.9 Å². The highest BCUT2D eigenvalue weighted by Crippen LogP contribution is 2.28. The summed E-state index contributed by atoms with van der Waals surface area (Å²) in [7, 11) is 1.62. The van der Waals surface area contributed by atoms with Crippen LogP contribution in [0.4, 0.5) is 0 Å². The number of hydrogen-bond acceptors (Lipinski definition) is 4. The van der Waals surface area contributed by atoms with Crippen molar-refractivity contribution in [1.82, 2.24) is 10.3 Å². The zero-order valence-corrected chi connectivity index (χ0v) is 16.1. The molecule has 27 heavy (non-hydrogen) atoms. The van der Waals surface area contributed by atoms with Gasteiger partial charge in [0.15, 0.2) is 11.5 Å². The third-order valence-corrected chi connectivity index (χ3v) is 4.06. The van der Waals surface area contributed by atoms with E-state index >= 15 is 0 Å². The molecule has 0 saturated carbocycles. The highest BCUT2D eigenvalue weighted by molar-refractivity contribution is 5.91. The van der Waals surface area contributed by atoms with E-state index in [0.717, 1.165) is 36.8 Å². The van der Waals surface area contributed by atoms with Gasteiger partial charge in [0, 0.05) is 25.0 Å². The van der Waals surface area contributed by atoms with Crippen LogP contribution < -0.4 is 14.8 Å². The number of methoxy groups -OCH3 is 1. The second-order valence-corrected chi connectivity index (χ2v) is 6.20. The van der Waals surface area contributed by atoms with Gasteiger partial charge >= 0.3 is 0 Å². The van der Waals surface area contributed by atoms with E-state index in [2.05, 4.69) is 17.2 Å². The Hall–Kier alpha value is -2.82. The Morgan fingerprint density at radius 2 is 2.11 bits per heavy atom. The molecule has 0 unspecified atom stereocenters. The van der Waals surface area contributed by atoms with Crippen molar-refractivity contribution >= 4 is 12.0 Å². The van der Waals surface area contributed by atoms with Crippen LogP contribution in [-0.2, 0) is 11.2 Å². The smallest absolute Gasteiger partial charge is 0.244 e. The van der Waals surface area contributed by atoms with Gasteiger partial charge in [-0.05, 0) is 48.2 Å². The highest BCUT2D eigenvalue weighted by atomic mass is 16.5. The fourth-order valence-corrected chi connectivity index (χ4v) is 2.55. The van der Waals surface area contributed by atoms with Gasteiger partial charge in [-0.25, -0.2) is 0 Å². The fourth-order valence-electron chi connectivity index (χ4n) is 2.55. The van der Waals surface area contributed by atoms with Crippen LogP contribution in [0.3, 0.4) is 0 Å². The Balaban J connectivity index is 1.86. The van der Waals surface area contributed by atoms with Crippen molar-refractivity contribution in [2.45, 2.75) is 32.6 Å². The molecule has 1 N–H and O–H groups in total. The van der Waals surface area contributed by atoms with E-state index in [4.69, 9.17) is 9.47 Å². The number of nitrogens with zero attached hydrogens (tertiary/aromatic N) is 1. The molecule has 144 valence electrons. The third-order valence-electron chi connectivity index (χ3n) is 4.06. The van der Waals surface area contributed by atoms with Gasteiger partial charge < -0.3 is 14.8 Å². The van der Waals surface area contributed by atoms with E-state index in [0.29, 0.717) is 24.7 Å². The van der Waals surface area contributed by atoms with Crippen molar-refractivity contribution < 1.29 is 14.3 Å². The topological polar surface area (TPSA) is 60.5 Å². The standard InChI is InChI=1S/C22H28N2O3/c1-3-4-5-15-27-21-16-18(8-10-20(21)26-2)9-11-22(25)24-14-12-19-7-6-13-23-17-19/h6-11,13,16-17H,3-5,12,14-15H2,1-2H3,(H,24,25). The number of ether oxygens (including phenoxy) is 2. The third kappa shape index (κ3) is 7.52. The molecule has 5 heteroatoms. The average Bonchev–Trinajstić information content (AvgIpc) is 2.70. The number of nitrogens with one attached hydrogen (secondary N) is 1. The molecular weight excluding hydrogens is 340 g/mol. The summed E-state index contributed by atoms with van der Waals surface area (Å²) in [5.74, 6) is 1.28. The van der Waals surface area contributed by atoms with Crippen molar-refractivity contribution in [3.05, 3.63) is 59.9 Å². The molecule has 2 rings (SSSR count). The lowest BCUT2D eigenvalue weighted by atomic mass is 10.2. The molecule has 0 aliphatic carbocycles. The van der Waals surface area contributed by atoms with Crippen molar-refractivity contribution in [2.24, 2.45) is 0 Å². The van der Waals surface area contributed by atoms with Crippen LogP contribution in [0.1, 0.15) is 37.3 Å². The van der Waals surface area contributed by atoms with Crippen LogP contribution in [0.5, 0.6) is 11.5 Å². The predicted octanol–water partition coefficient (Wildman–Crippen LogP) is 4.03. The summed E-state index contributed by atoms with van der Waals surface area (Å²) in [5, 5.41) is 2.88. The normalized spacial score (nSPS) is 10.7. The molecular formula is C22H28N2O3. The van der Waals surface area contributed by atoms with Crippen molar-refractivity contribution in [3.8, 4) is 11.5 Å². The maximum atomic E-state index is 12.0. The minimum Gasteiger partial charge on any atom is -0.493 e. The van der Waals surface area contributed by atoms with Gasteiger partial charge in [0.2, 0.25) is 5.91 Å². The summed E-state index contributed by atoms with van der Waals surface area (Å²) in [4.78, 5) is 16.1. The molecule has 0 aliphatic rings. The van der Waals surface area contributed by atoms with Gasteiger partial charge in [0.05, 0.1) is 13.7 Å². The first-order chi connectivity index (χ1) is 13.2. The Morgan fingerprint density at radius 3 is 2.85 bits per heavy atom. The van der Waals surface area contributed by atoms with Crippen molar-refractivity contribution in [2.75, 3.05) is 20.3 Å². The molecule has 0 atom stereocenters. The number of unbranched alkanes of at least 4 members (excludes halogenated alkanes) is 2. The Bertz CT molecular complexity index is 730. The molecule has 1 amide bonds. The van der Waals surface area contributed by atoms with Crippen LogP contribution in [-0.4, -0.2) is 31.2 Å². The number of pyridine rings is 1. The van der Waals surface area contributed by atoms with Crippen LogP contribution >= 0.6 is 0 Å². The minimum atomic E-state index is -0.125. The summed E-state index contributed by atoms with van der Waals surface area (Å²) in [6, 6.07) is 9.54. The summed E-state index contributed by atoms with van der Waals surface area (Å²) < 4.78 is 11.2. The van der Waals surface area contributed by atoms with Crippen molar-refractivity contribution in [3.63, 3.8) is 0 Å². The van der Waals surface area contributed by atoms with E-state index < -0.39 is 0 Å². The number of amides is 1. The number of rotatable bonds is 11. The van der Waals surface area contributed by atoms with Gasteiger partial charge in [0.25, 0.3) is 0 Å². The lowest BCUT2D eigenvalue weighted by Gasteiger charge is -2.11. The zero-order chi connectivity index (χ0) is 19.3. The second kappa shape index (κ2) is 11.7. The first-order valence-electron chi connectivity index (χ1n) is 9.38. The van der Waals surface area contributed by atoms with Crippen LogP contribution in [0, 0.1) is 0 Å². The number of aromatic nitrogens is 1. The monoisotopic (exact) mass is 368 g/mol. The second-order valence-electron chi connectivity index (χ2n) is 6.20. The summed E-state index contributed by atoms with van der Waals surface area (Å²) in [6.07, 6.45) is 10.9. The van der Waals surface area contributed by atoms with E-state index in [1.165, 1.54) is 6.08 Å². The Kier molecular flexibility index (Phi) is 8.90. The van der Waals surface area contributed by atoms with E-state index in [1.807, 2.05) is 30.3 Å². The Labute approximate surface area is 161 Å². The summed E-state index contributed by atoms with van der Waals surface area (Å²) in [5.41, 5.74) is 1.99. The van der Waals surface area contributed by atoms with Gasteiger partial charge in [-0.3, -0.25) is 9.78 Å². The summed E-state index contributed by atoms with van der Waals surface area (Å²) in [6.45, 7) is 3.39. The first kappa shape index (κ1) is 20.5. The molecule has 1 aromatic carbocycles. The van der Waals surface area contributed by atoms with Gasteiger partial charge in [-0.15, -0.1) is 0 Å². The van der Waals surface area contributed by atoms with E-state index in [9.17, 15) is 4.79 Å². The molecule has 2 aromatic rings. The number of benzene rings is 1. The van der Waals surface area contributed by atoms with E-state index in [1.54, 1.807) is 25.6 Å². The molecule has 5 nitrogen and oxygen atoms in total. The molecule has 1 aromatic heterocycles. The van der Waals surface area contributed by atoms with Gasteiger partial charge in [0.1, 0.15) is 0 Å². The zero-order valence-electron chi connectivity index (χ0n) is 16.1. The maximum Gasteiger partial charge on any atom is 0.244 e. The Morgan fingerprint density at radius 1 is 1.22 bits per heavy atom. The quantitative estimate of drug-likeness (QED) is 0.480. The first-order valence-corrected chi connectivity index (χ1v) is 9.38. The molecule has 0 radical (unpaired) electrons. The van der Waals surface area contributed by atoms with Crippen LogP contribution in [0.15, 0.2) is 48.8 Å². The lowest BCUT2D eigenvalue weighted by Crippen LogP contribution is -2.23. The molecule has 0 spiro atoms. The largest absolute Gasteiger partial charge is 0.493 e. The average molecular weight is 368 g/mol. The van der Waals surface area contributed by atoms with Gasteiger partial charge in [-0.2, -0.15) is 0 Å². The predicted molar refractivity (Wildman–Crippen MR) is 108 cm³/mol. The SMILES string of the molecule is CCCCCOc1cc(C=CC(=O)NCCc2cccnc2)ccc1OC. The molecule has 0 aliphatic heterocycles. The van der Waals surface area contributed by atoms with Crippen LogP contribution in [0.2, 0.25) is 0 Å². The summed E-state index contributed by atoms with van der Waals surface area (Å²) >= 11 is 0. The van der Waals surface area contributed by atoms with E-state index in [-0.39, 0.29) is 5.91 Å². The van der Waals surface area contributed by atoms with Crippen molar-refractivity contribution in [1.29, 1.82) is 0 Å². The highest BCUT2D eigenvalue weighted by Gasteiger charge is 2.05. The fraction of sp³-hybridized carbons (Fsp3) is 0.364. The lowest BCUT2D eigenvalue weighted by molar-refractivity contribution is -0.116. The number of hydrogen-bond donors (Lipinski definition) is 1. The minimum absolute atomic E-state index is 0.125. The molecule has 0 fully saturated rings. The number of carbonyl (C=O) groups excluding carboxylic acids is 1. The maximum absolute atomic E-state index is 12.0. The number of carbonyl (C=O) groups is 1. The molecule has 0 bridgehead atoms.